The van der Waals surface area contributed by atoms with Crippen LogP contribution >= 0.6 is 0 Å². The van der Waals surface area contributed by atoms with Crippen molar-refractivity contribution in [3.63, 3.8) is 0 Å². The molecule has 0 aliphatic rings. The van der Waals surface area contributed by atoms with Crippen molar-refractivity contribution >= 4 is 17.3 Å². The smallest absolute Gasteiger partial charge is 0.258 e. The summed E-state index contributed by atoms with van der Waals surface area (Å²) in [6.07, 6.45) is 0. The van der Waals surface area contributed by atoms with E-state index in [0.717, 1.165) is 17.7 Å². The van der Waals surface area contributed by atoms with Crippen LogP contribution in [0.3, 0.4) is 0 Å². The van der Waals surface area contributed by atoms with Gasteiger partial charge in [-0.1, -0.05) is 6.07 Å². The highest BCUT2D eigenvalue weighted by molar-refractivity contribution is 6.05. The number of rotatable bonds is 2. The molecule has 0 saturated carbocycles. The van der Waals surface area contributed by atoms with Gasteiger partial charge in [0.1, 0.15) is 11.6 Å². The van der Waals surface area contributed by atoms with Crippen molar-refractivity contribution < 1.29 is 13.6 Å². The molecule has 3 N–H and O–H groups in total. The third-order valence-electron chi connectivity index (χ3n) is 2.69. The fraction of sp³-hybridized carbons (Fsp3) is 0.0714. The lowest BCUT2D eigenvalue weighted by Crippen LogP contribution is -2.14. The number of aryl methyl sites for hydroxylation is 1. The Labute approximate surface area is 109 Å². The average Bonchev–Trinajstić information content (AvgIpc) is 2.33. The molecular weight excluding hydrogens is 250 g/mol. The molecule has 3 nitrogen and oxygen atoms in total. The van der Waals surface area contributed by atoms with Crippen molar-refractivity contribution in [1.82, 2.24) is 0 Å². The van der Waals surface area contributed by atoms with E-state index in [9.17, 15) is 13.6 Å². The lowest BCUT2D eigenvalue weighted by atomic mass is 10.1. The molecule has 0 fully saturated rings. The molecule has 1 amide bonds. The Hall–Kier alpha value is -2.43. The number of anilines is 2. The van der Waals surface area contributed by atoms with Gasteiger partial charge in [0.05, 0.1) is 5.56 Å². The number of carbonyl (C=O) groups excluding carboxylic acids is 1. The van der Waals surface area contributed by atoms with Crippen LogP contribution in [0.1, 0.15) is 15.9 Å². The monoisotopic (exact) mass is 262 g/mol. The summed E-state index contributed by atoms with van der Waals surface area (Å²) in [4.78, 5) is 11.9. The third-order valence-corrected chi connectivity index (χ3v) is 2.69. The quantitative estimate of drug-likeness (QED) is 0.817. The van der Waals surface area contributed by atoms with Gasteiger partial charge in [-0.3, -0.25) is 4.79 Å². The topological polar surface area (TPSA) is 55.1 Å². The van der Waals surface area contributed by atoms with E-state index in [1.54, 1.807) is 25.1 Å². The highest BCUT2D eigenvalue weighted by Crippen LogP contribution is 2.19. The molecule has 0 aliphatic heterocycles. The maximum atomic E-state index is 13.5. The number of hydrogen-bond donors (Lipinski definition) is 2. The number of hydrogen-bond acceptors (Lipinski definition) is 2. The molecule has 98 valence electrons. The Balaban J connectivity index is 2.28. The Morgan fingerprint density at radius 2 is 1.89 bits per heavy atom. The normalized spacial score (nSPS) is 10.3. The van der Waals surface area contributed by atoms with E-state index in [1.807, 2.05) is 0 Å². The zero-order valence-corrected chi connectivity index (χ0v) is 10.2. The highest BCUT2D eigenvalue weighted by atomic mass is 19.1. The summed E-state index contributed by atoms with van der Waals surface area (Å²) in [6, 6.07) is 7.82. The molecule has 2 rings (SSSR count). The van der Waals surface area contributed by atoms with Gasteiger partial charge in [-0.15, -0.1) is 0 Å². The van der Waals surface area contributed by atoms with Gasteiger partial charge < -0.3 is 11.1 Å². The summed E-state index contributed by atoms with van der Waals surface area (Å²) in [5, 5.41) is 2.55. The van der Waals surface area contributed by atoms with Crippen LogP contribution in [0.25, 0.3) is 0 Å². The van der Waals surface area contributed by atoms with E-state index >= 15 is 0 Å². The number of carbonyl (C=O) groups is 1. The predicted molar refractivity (Wildman–Crippen MR) is 69.9 cm³/mol. The summed E-state index contributed by atoms with van der Waals surface area (Å²) in [5.74, 6) is -2.28. The van der Waals surface area contributed by atoms with Crippen molar-refractivity contribution in [3.8, 4) is 0 Å². The largest absolute Gasteiger partial charge is 0.399 e. The average molecular weight is 262 g/mol. The number of nitrogens with two attached hydrogens (primary N) is 1. The van der Waals surface area contributed by atoms with Crippen LogP contribution in [0.15, 0.2) is 36.4 Å². The molecule has 0 heterocycles. The molecule has 0 radical (unpaired) electrons. The first-order valence-electron chi connectivity index (χ1n) is 5.60. The predicted octanol–water partition coefficient (Wildman–Crippen LogP) is 3.11. The Kier molecular flexibility index (Phi) is 3.46. The number of benzene rings is 2. The summed E-state index contributed by atoms with van der Waals surface area (Å²) < 4.78 is 26.2. The summed E-state index contributed by atoms with van der Waals surface area (Å²) in [6.45, 7) is 1.79. The molecule has 0 bridgehead atoms. The van der Waals surface area contributed by atoms with Crippen LogP contribution in [0.5, 0.6) is 0 Å². The fourth-order valence-electron chi connectivity index (χ4n) is 1.64. The van der Waals surface area contributed by atoms with Crippen LogP contribution in [-0.4, -0.2) is 5.91 Å². The third kappa shape index (κ3) is 2.88. The first-order valence-corrected chi connectivity index (χ1v) is 5.60. The van der Waals surface area contributed by atoms with Crippen LogP contribution in [0, 0.1) is 18.6 Å². The first-order chi connectivity index (χ1) is 8.97. The van der Waals surface area contributed by atoms with Crippen molar-refractivity contribution in [2.75, 3.05) is 11.1 Å². The van der Waals surface area contributed by atoms with Gasteiger partial charge in [-0.05, 0) is 36.8 Å². The molecule has 19 heavy (non-hydrogen) atoms. The summed E-state index contributed by atoms with van der Waals surface area (Å²) in [7, 11) is 0. The summed E-state index contributed by atoms with van der Waals surface area (Å²) >= 11 is 0. The highest BCUT2D eigenvalue weighted by Gasteiger charge is 2.13. The minimum absolute atomic E-state index is 0.219. The first kappa shape index (κ1) is 13.0. The molecule has 0 unspecified atom stereocenters. The molecule has 0 atom stereocenters. The van der Waals surface area contributed by atoms with Crippen LogP contribution in [0.4, 0.5) is 20.2 Å². The van der Waals surface area contributed by atoms with Crippen molar-refractivity contribution in [3.05, 3.63) is 59.2 Å². The second-order valence-electron chi connectivity index (χ2n) is 4.15. The number of halogens is 2. The van der Waals surface area contributed by atoms with Crippen LogP contribution in [-0.2, 0) is 0 Å². The SMILES string of the molecule is Cc1ccc(N)cc1NC(=O)c1ccc(F)cc1F. The fourth-order valence-corrected chi connectivity index (χ4v) is 1.64. The van der Waals surface area contributed by atoms with E-state index in [4.69, 9.17) is 5.73 Å². The van der Waals surface area contributed by atoms with Gasteiger partial charge in [0.15, 0.2) is 0 Å². The van der Waals surface area contributed by atoms with Gasteiger partial charge in [-0.25, -0.2) is 8.78 Å². The van der Waals surface area contributed by atoms with E-state index < -0.39 is 17.5 Å². The van der Waals surface area contributed by atoms with E-state index in [2.05, 4.69) is 5.32 Å². The van der Waals surface area contributed by atoms with Gasteiger partial charge in [-0.2, -0.15) is 0 Å². The zero-order valence-electron chi connectivity index (χ0n) is 10.2. The molecule has 0 spiro atoms. The molecule has 0 saturated heterocycles. The molecular formula is C14H12F2N2O. The second kappa shape index (κ2) is 5.06. The Bertz CT molecular complexity index is 641. The van der Waals surface area contributed by atoms with Gasteiger partial charge >= 0.3 is 0 Å². The Morgan fingerprint density at radius 1 is 1.16 bits per heavy atom. The molecule has 2 aromatic rings. The van der Waals surface area contributed by atoms with E-state index in [0.29, 0.717) is 17.4 Å². The molecule has 2 aromatic carbocycles. The lowest BCUT2D eigenvalue weighted by Gasteiger charge is -2.09. The van der Waals surface area contributed by atoms with Gasteiger partial charge in [0.2, 0.25) is 0 Å². The minimum Gasteiger partial charge on any atom is -0.399 e. The van der Waals surface area contributed by atoms with Gasteiger partial charge in [0.25, 0.3) is 5.91 Å². The molecule has 0 aromatic heterocycles. The molecule has 5 heteroatoms. The Morgan fingerprint density at radius 3 is 2.58 bits per heavy atom. The second-order valence-corrected chi connectivity index (χ2v) is 4.15. The minimum atomic E-state index is -0.904. The standard InChI is InChI=1S/C14H12F2N2O/c1-8-2-4-10(17)7-13(8)18-14(19)11-5-3-9(15)6-12(11)16/h2-7H,17H2,1H3,(H,18,19). The maximum Gasteiger partial charge on any atom is 0.258 e. The van der Waals surface area contributed by atoms with Crippen LogP contribution < -0.4 is 11.1 Å². The van der Waals surface area contributed by atoms with Crippen LogP contribution in [0.2, 0.25) is 0 Å². The number of nitrogens with one attached hydrogen (secondary N) is 1. The number of amides is 1. The molecule has 0 aliphatic carbocycles. The van der Waals surface area contributed by atoms with Gasteiger partial charge in [0, 0.05) is 17.4 Å². The van der Waals surface area contributed by atoms with Crippen molar-refractivity contribution in [1.29, 1.82) is 0 Å². The maximum absolute atomic E-state index is 13.5. The zero-order chi connectivity index (χ0) is 14.0. The van der Waals surface area contributed by atoms with E-state index in [-0.39, 0.29) is 5.56 Å². The van der Waals surface area contributed by atoms with Crippen molar-refractivity contribution in [2.24, 2.45) is 0 Å². The summed E-state index contributed by atoms with van der Waals surface area (Å²) in [5.41, 5.74) is 7.17. The van der Waals surface area contributed by atoms with E-state index in [1.165, 1.54) is 0 Å². The van der Waals surface area contributed by atoms with Crippen molar-refractivity contribution in [2.45, 2.75) is 6.92 Å². The lowest BCUT2D eigenvalue weighted by molar-refractivity contribution is 0.102. The number of nitrogen functional groups attached to an aromatic ring is 1.